The van der Waals surface area contributed by atoms with Gasteiger partial charge in [-0.25, -0.2) is 0 Å². The quantitative estimate of drug-likeness (QED) is 0.836. The molecule has 3 N–H and O–H groups in total. The third-order valence-electron chi connectivity index (χ3n) is 4.48. The summed E-state index contributed by atoms with van der Waals surface area (Å²) in [4.78, 5) is 11.9. The monoisotopic (exact) mass is 290 g/mol. The van der Waals surface area contributed by atoms with Crippen LogP contribution >= 0.6 is 0 Å². The van der Waals surface area contributed by atoms with Crippen molar-refractivity contribution in [3.8, 4) is 0 Å². The van der Waals surface area contributed by atoms with Crippen molar-refractivity contribution in [2.24, 2.45) is 11.8 Å². The van der Waals surface area contributed by atoms with Gasteiger partial charge in [-0.15, -0.1) is 0 Å². The number of hydrogen-bond donors (Lipinski definition) is 2. The van der Waals surface area contributed by atoms with Crippen molar-refractivity contribution in [3.05, 3.63) is 23.8 Å². The number of carbonyl (C=O) groups excluding carboxylic acids is 1. The molecule has 0 radical (unpaired) electrons. The molecule has 4 nitrogen and oxygen atoms in total. The van der Waals surface area contributed by atoms with E-state index in [9.17, 15) is 4.79 Å². The van der Waals surface area contributed by atoms with Gasteiger partial charge < -0.3 is 15.8 Å². The van der Waals surface area contributed by atoms with Crippen molar-refractivity contribution in [1.29, 1.82) is 0 Å². The van der Waals surface area contributed by atoms with E-state index >= 15 is 0 Å². The zero-order chi connectivity index (χ0) is 15.4. The summed E-state index contributed by atoms with van der Waals surface area (Å²) in [6.07, 6.45) is 3.47. The van der Waals surface area contributed by atoms with Gasteiger partial charge in [0.2, 0.25) is 5.91 Å². The van der Waals surface area contributed by atoms with Gasteiger partial charge in [0.05, 0.1) is 17.5 Å². The van der Waals surface area contributed by atoms with Gasteiger partial charge in [0.1, 0.15) is 6.61 Å². The lowest BCUT2D eigenvalue weighted by atomic mass is 9.80. The molecule has 0 heterocycles. The zero-order valence-corrected chi connectivity index (χ0v) is 13.2. The fourth-order valence-corrected chi connectivity index (χ4v) is 2.83. The number of benzene rings is 1. The van der Waals surface area contributed by atoms with E-state index in [-0.39, 0.29) is 18.6 Å². The molecule has 116 valence electrons. The van der Waals surface area contributed by atoms with E-state index in [1.54, 1.807) is 0 Å². The lowest BCUT2D eigenvalue weighted by molar-refractivity contribution is -0.123. The highest BCUT2D eigenvalue weighted by Crippen LogP contribution is 2.30. The summed E-state index contributed by atoms with van der Waals surface area (Å²) in [7, 11) is 0. The van der Waals surface area contributed by atoms with Crippen LogP contribution in [0.15, 0.2) is 18.2 Å². The van der Waals surface area contributed by atoms with Crippen LogP contribution in [0.3, 0.4) is 0 Å². The van der Waals surface area contributed by atoms with Crippen LogP contribution in [-0.2, 0) is 9.53 Å². The fourth-order valence-electron chi connectivity index (χ4n) is 2.83. The standard InChI is InChI=1S/C17H26N2O2/c1-11-4-7-16(15(18)8-11)19-17(20)10-21-14-6-5-12(2)13(3)9-14/h4,7-8,12-14H,5-6,9-10,18H2,1-3H3,(H,19,20). The van der Waals surface area contributed by atoms with Crippen molar-refractivity contribution in [1.82, 2.24) is 0 Å². The number of nitrogens with one attached hydrogen (secondary N) is 1. The summed E-state index contributed by atoms with van der Waals surface area (Å²) in [5, 5.41) is 2.81. The number of aryl methyl sites for hydroxylation is 1. The Morgan fingerprint density at radius 2 is 2.10 bits per heavy atom. The van der Waals surface area contributed by atoms with Crippen LogP contribution in [0, 0.1) is 18.8 Å². The predicted molar refractivity (Wildman–Crippen MR) is 86.1 cm³/mol. The first-order valence-electron chi connectivity index (χ1n) is 7.73. The average Bonchev–Trinajstić information content (AvgIpc) is 2.43. The van der Waals surface area contributed by atoms with Crippen LogP contribution in [0.1, 0.15) is 38.7 Å². The first kappa shape index (κ1) is 15.8. The van der Waals surface area contributed by atoms with Crippen LogP contribution in [0.4, 0.5) is 11.4 Å². The van der Waals surface area contributed by atoms with Gasteiger partial charge in [0.15, 0.2) is 0 Å². The van der Waals surface area contributed by atoms with E-state index in [4.69, 9.17) is 10.5 Å². The highest BCUT2D eigenvalue weighted by atomic mass is 16.5. The Kier molecular flexibility index (Phi) is 5.23. The second-order valence-electron chi connectivity index (χ2n) is 6.34. The van der Waals surface area contributed by atoms with E-state index < -0.39 is 0 Å². The number of rotatable bonds is 4. The number of nitrogen functional groups attached to an aromatic ring is 1. The van der Waals surface area contributed by atoms with Crippen LogP contribution in [0.25, 0.3) is 0 Å². The molecule has 1 amide bonds. The predicted octanol–water partition coefficient (Wildman–Crippen LogP) is 3.36. The van der Waals surface area contributed by atoms with Crippen molar-refractivity contribution in [2.45, 2.75) is 46.1 Å². The molecule has 0 spiro atoms. The van der Waals surface area contributed by atoms with Gasteiger partial charge >= 0.3 is 0 Å². The SMILES string of the molecule is Cc1ccc(NC(=O)COC2CCC(C)C(C)C2)c(N)c1. The number of anilines is 2. The van der Waals surface area contributed by atoms with E-state index in [0.717, 1.165) is 24.3 Å². The summed E-state index contributed by atoms with van der Waals surface area (Å²) >= 11 is 0. The Balaban J connectivity index is 1.80. The molecule has 0 aliphatic heterocycles. The minimum absolute atomic E-state index is 0.0963. The van der Waals surface area contributed by atoms with Gasteiger partial charge in [-0.1, -0.05) is 19.9 Å². The Morgan fingerprint density at radius 3 is 2.76 bits per heavy atom. The Hall–Kier alpha value is -1.55. The maximum absolute atomic E-state index is 11.9. The highest BCUT2D eigenvalue weighted by molar-refractivity contribution is 5.94. The molecule has 2 rings (SSSR count). The molecule has 0 saturated heterocycles. The molecule has 1 aliphatic carbocycles. The molecule has 1 aromatic carbocycles. The molecule has 4 heteroatoms. The lowest BCUT2D eigenvalue weighted by Gasteiger charge is -2.31. The minimum Gasteiger partial charge on any atom is -0.397 e. The number of amides is 1. The van der Waals surface area contributed by atoms with Gasteiger partial charge in [-0.05, 0) is 55.7 Å². The molecule has 1 fully saturated rings. The maximum Gasteiger partial charge on any atom is 0.250 e. The first-order chi connectivity index (χ1) is 9.95. The third-order valence-corrected chi connectivity index (χ3v) is 4.48. The number of carbonyl (C=O) groups is 1. The van der Waals surface area contributed by atoms with Gasteiger partial charge in [0.25, 0.3) is 0 Å². The molecular weight excluding hydrogens is 264 g/mol. The largest absolute Gasteiger partial charge is 0.397 e. The second-order valence-corrected chi connectivity index (χ2v) is 6.34. The van der Waals surface area contributed by atoms with Crippen molar-refractivity contribution < 1.29 is 9.53 Å². The van der Waals surface area contributed by atoms with Gasteiger partial charge in [-0.2, -0.15) is 0 Å². The van der Waals surface area contributed by atoms with E-state index in [1.165, 1.54) is 6.42 Å². The van der Waals surface area contributed by atoms with Gasteiger partial charge in [-0.3, -0.25) is 4.79 Å². The lowest BCUT2D eigenvalue weighted by Crippen LogP contribution is -2.30. The van der Waals surface area contributed by atoms with E-state index in [2.05, 4.69) is 19.2 Å². The normalized spacial score (nSPS) is 25.6. The van der Waals surface area contributed by atoms with Crippen molar-refractivity contribution in [2.75, 3.05) is 17.7 Å². The maximum atomic E-state index is 11.9. The summed E-state index contributed by atoms with van der Waals surface area (Å²) in [6.45, 7) is 6.61. The number of nitrogens with two attached hydrogens (primary N) is 1. The third kappa shape index (κ3) is 4.46. The summed E-state index contributed by atoms with van der Waals surface area (Å²) < 4.78 is 5.75. The first-order valence-corrected chi connectivity index (χ1v) is 7.73. The number of ether oxygens (including phenoxy) is 1. The molecular formula is C17H26N2O2. The molecule has 1 saturated carbocycles. The molecule has 0 aromatic heterocycles. The molecule has 1 aliphatic rings. The van der Waals surface area contributed by atoms with Crippen molar-refractivity contribution in [3.63, 3.8) is 0 Å². The van der Waals surface area contributed by atoms with Gasteiger partial charge in [0, 0.05) is 0 Å². The smallest absolute Gasteiger partial charge is 0.250 e. The molecule has 1 aromatic rings. The second kappa shape index (κ2) is 6.94. The molecule has 0 bridgehead atoms. The molecule has 21 heavy (non-hydrogen) atoms. The molecule has 3 atom stereocenters. The topological polar surface area (TPSA) is 64.3 Å². The summed E-state index contributed by atoms with van der Waals surface area (Å²) in [5.74, 6) is 1.28. The van der Waals surface area contributed by atoms with E-state index in [0.29, 0.717) is 17.3 Å². The Bertz CT molecular complexity index is 502. The minimum atomic E-state index is -0.142. The Labute approximate surface area is 127 Å². The zero-order valence-electron chi connectivity index (χ0n) is 13.2. The summed E-state index contributed by atoms with van der Waals surface area (Å²) in [6, 6.07) is 5.60. The van der Waals surface area contributed by atoms with Crippen LogP contribution in [-0.4, -0.2) is 18.6 Å². The van der Waals surface area contributed by atoms with Crippen molar-refractivity contribution >= 4 is 17.3 Å². The Morgan fingerprint density at radius 1 is 1.33 bits per heavy atom. The average molecular weight is 290 g/mol. The van der Waals surface area contributed by atoms with E-state index in [1.807, 2.05) is 25.1 Å². The summed E-state index contributed by atoms with van der Waals surface area (Å²) in [5.41, 5.74) is 8.20. The van der Waals surface area contributed by atoms with Crippen LogP contribution in [0.5, 0.6) is 0 Å². The molecule has 3 unspecified atom stereocenters. The number of hydrogen-bond acceptors (Lipinski definition) is 3. The highest BCUT2D eigenvalue weighted by Gasteiger charge is 2.25. The van der Waals surface area contributed by atoms with Crippen LogP contribution < -0.4 is 11.1 Å². The fraction of sp³-hybridized carbons (Fsp3) is 0.588. The van der Waals surface area contributed by atoms with Crippen LogP contribution in [0.2, 0.25) is 0 Å².